The third-order valence-corrected chi connectivity index (χ3v) is 10.0. The fraction of sp³-hybridized carbons (Fsp3) is 0.170. The Balaban J connectivity index is 0.000000183. The molecule has 18 nitrogen and oxygen atoms in total. The highest BCUT2D eigenvalue weighted by molar-refractivity contribution is 6.07. The van der Waals surface area contributed by atoms with E-state index in [1.54, 1.807) is 54.9 Å². The molecule has 5 N–H and O–H groups in total. The number of hydrogen-bond acceptors (Lipinski definition) is 14. The molecule has 4 aromatic carbocycles. The van der Waals surface area contributed by atoms with E-state index >= 15 is 0 Å². The lowest BCUT2D eigenvalue weighted by Crippen LogP contribution is -2.33. The molecule has 0 bridgehead atoms. The van der Waals surface area contributed by atoms with Gasteiger partial charge in [0.15, 0.2) is 23.3 Å². The van der Waals surface area contributed by atoms with Crippen molar-refractivity contribution in [2.24, 2.45) is 5.73 Å². The smallest absolute Gasteiger partial charge is 0.419 e. The predicted octanol–water partition coefficient (Wildman–Crippen LogP) is 8.04. The number of halogens is 5. The summed E-state index contributed by atoms with van der Waals surface area (Å²) in [6.45, 7) is 0.809. The van der Waals surface area contributed by atoms with Crippen molar-refractivity contribution >= 4 is 47.8 Å². The van der Waals surface area contributed by atoms with Gasteiger partial charge in [0.1, 0.15) is 43.7 Å². The number of para-hydroxylation sites is 2. The molecule has 2 atom stereocenters. The minimum absolute atomic E-state index is 0. The molecule has 2 aliphatic heterocycles. The Hall–Kier alpha value is -8.50. The fourth-order valence-electron chi connectivity index (χ4n) is 6.64. The van der Waals surface area contributed by atoms with Gasteiger partial charge in [-0.25, -0.2) is 56.6 Å². The zero-order chi connectivity index (χ0) is 48.7. The number of nitrogens with two attached hydrogens (primary N) is 1. The van der Waals surface area contributed by atoms with Crippen LogP contribution in [0, 0.1) is 23.3 Å². The van der Waals surface area contributed by atoms with E-state index in [1.807, 2.05) is 6.07 Å². The van der Waals surface area contributed by atoms with E-state index in [2.05, 4.69) is 40.9 Å². The van der Waals surface area contributed by atoms with Crippen LogP contribution in [0.1, 0.15) is 68.2 Å². The van der Waals surface area contributed by atoms with Gasteiger partial charge in [0.05, 0.1) is 41.8 Å². The molecule has 0 fully saturated rings. The second-order valence-corrected chi connectivity index (χ2v) is 14.7. The lowest BCUT2D eigenvalue weighted by atomic mass is 9.97. The molecule has 362 valence electrons. The molecule has 0 saturated carbocycles. The third kappa shape index (κ3) is 13.6. The number of nitrogens with zero attached hydrogens (tertiary/aromatic N) is 6. The molecule has 5 heterocycles. The van der Waals surface area contributed by atoms with Gasteiger partial charge in [-0.05, 0) is 48.5 Å². The number of alkyl carbamates (subject to hydrolysis) is 1. The van der Waals surface area contributed by atoms with E-state index in [9.17, 15) is 36.7 Å². The summed E-state index contributed by atoms with van der Waals surface area (Å²) < 4.78 is 75.3. The molecule has 23 heteroatoms. The number of rotatable bonds is 9. The summed E-state index contributed by atoms with van der Waals surface area (Å²) in [5.41, 5.74) is 9.37. The first kappa shape index (κ1) is 50.9. The molecule has 7 aromatic rings. The number of ether oxygens (including phenoxy) is 4. The molecule has 0 saturated heterocycles. The summed E-state index contributed by atoms with van der Waals surface area (Å²) in [7, 11) is 0. The minimum atomic E-state index is -1.07. The summed E-state index contributed by atoms with van der Waals surface area (Å²) in [5.74, 6) is -4.34. The largest absolute Gasteiger partial charge is 0.492 e. The van der Waals surface area contributed by atoms with Crippen LogP contribution in [0.2, 0.25) is 0 Å². The van der Waals surface area contributed by atoms with Gasteiger partial charge < -0.3 is 40.6 Å². The Kier molecular flexibility index (Phi) is 17.8. The summed E-state index contributed by atoms with van der Waals surface area (Å²) >= 11 is 0. The van der Waals surface area contributed by atoms with Crippen LogP contribution < -0.4 is 31.2 Å². The Bertz CT molecular complexity index is 2910. The third-order valence-electron chi connectivity index (χ3n) is 10.0. The van der Waals surface area contributed by atoms with Gasteiger partial charge in [-0.1, -0.05) is 24.3 Å². The fourth-order valence-corrected chi connectivity index (χ4v) is 6.64. The molecular weight excluding hydrogens is 944 g/mol. The molecule has 70 heavy (non-hydrogen) atoms. The van der Waals surface area contributed by atoms with Gasteiger partial charge in [0.25, 0.3) is 11.8 Å². The van der Waals surface area contributed by atoms with Crippen molar-refractivity contribution < 1.29 is 55.7 Å². The maximum absolute atomic E-state index is 13.4. The summed E-state index contributed by atoms with van der Waals surface area (Å²) in [4.78, 5) is 67.9. The number of hydrogen-bond donors (Lipinski definition) is 4. The Morgan fingerprint density at radius 1 is 0.657 bits per heavy atom. The standard InChI is InChI=1S/C22H18F2N4O4.C16H14F2N2O2.C9H8N4O2.ClH/c23-17-5-4-13(10-18(17)24)27-21(29)16-3-1-2-15-19(7-9-31-20(15)16)28-22(30)32-11-14-6-8-25-12-26-14;17-12-5-4-9(8-13(12)18)20-16(21)11-3-1-2-10-14(19)6-7-22-15(10)11;14-9(13-4-3-11-7-13)15-5-8-1-2-10-6-12-8;/h1-6,8,10,12,19H,7,9,11H2,(H,27,29)(H,28,30);1-5,8,14H,6-7,19H2,(H,20,21);1-4,6-7H,5H2;1H/t19-;14-;;/m00../s1. The number of fused-ring (bicyclic) bond motifs is 2. The molecule has 9 rings (SSSR count). The zero-order valence-corrected chi connectivity index (χ0v) is 37.3. The van der Waals surface area contributed by atoms with Crippen LogP contribution in [-0.2, 0) is 22.7 Å². The van der Waals surface area contributed by atoms with Crippen LogP contribution >= 0.6 is 12.4 Å². The maximum atomic E-state index is 13.4. The number of benzene rings is 4. The van der Waals surface area contributed by atoms with E-state index < -0.39 is 53.3 Å². The number of anilines is 2. The first-order valence-corrected chi connectivity index (χ1v) is 20.8. The Labute approximate surface area is 402 Å². The number of aromatic nitrogens is 6. The van der Waals surface area contributed by atoms with E-state index in [0.29, 0.717) is 53.5 Å². The molecule has 0 aliphatic carbocycles. The maximum Gasteiger partial charge on any atom is 0.419 e. The molecule has 0 radical (unpaired) electrons. The van der Waals surface area contributed by atoms with Crippen molar-refractivity contribution in [3.63, 3.8) is 0 Å². The van der Waals surface area contributed by atoms with Gasteiger partial charge in [0.2, 0.25) is 0 Å². The van der Waals surface area contributed by atoms with Crippen LogP contribution in [0.5, 0.6) is 11.5 Å². The minimum Gasteiger partial charge on any atom is -0.492 e. The number of carbonyl (C=O) groups is 4. The van der Waals surface area contributed by atoms with Crippen molar-refractivity contribution in [1.29, 1.82) is 0 Å². The predicted molar refractivity (Wildman–Crippen MR) is 244 cm³/mol. The van der Waals surface area contributed by atoms with Gasteiger partial charge in [0, 0.05) is 78.3 Å². The average Bonchev–Trinajstić information content (AvgIpc) is 3.92. The SMILES string of the molecule is Cl.N[C@H]1CCOc2c(C(=O)Nc3ccc(F)c(F)c3)cccc21.O=C(N[C@H]1CCOc2c(C(=O)Nc3ccc(F)c(F)c3)cccc21)OCc1ccncn1.O=C(OCc1ccncn1)n1ccnc1. The van der Waals surface area contributed by atoms with Gasteiger partial charge in [-0.15, -0.1) is 12.4 Å². The molecule has 2 aliphatic rings. The molecule has 0 unspecified atom stereocenters. The quantitative estimate of drug-likeness (QED) is 0.100. The molecule has 0 spiro atoms. The first-order chi connectivity index (χ1) is 33.4. The number of amides is 3. The summed E-state index contributed by atoms with van der Waals surface area (Å²) in [6.07, 6.45) is 10.3. The highest BCUT2D eigenvalue weighted by atomic mass is 35.5. The van der Waals surface area contributed by atoms with Crippen LogP contribution in [0.15, 0.2) is 129 Å². The van der Waals surface area contributed by atoms with E-state index in [0.717, 1.165) is 29.8 Å². The Morgan fingerprint density at radius 2 is 1.20 bits per heavy atom. The molecular formula is C47H41ClF4N10O8. The van der Waals surface area contributed by atoms with E-state index in [1.165, 1.54) is 48.1 Å². The normalized spacial score (nSPS) is 14.0. The van der Waals surface area contributed by atoms with Crippen LogP contribution in [0.25, 0.3) is 0 Å². The van der Waals surface area contributed by atoms with Gasteiger partial charge >= 0.3 is 12.2 Å². The summed E-state index contributed by atoms with van der Waals surface area (Å²) in [6, 6.07) is 19.0. The molecule has 3 aromatic heterocycles. The highest BCUT2D eigenvalue weighted by Crippen LogP contribution is 2.36. The summed E-state index contributed by atoms with van der Waals surface area (Å²) in [5, 5.41) is 7.81. The van der Waals surface area contributed by atoms with E-state index in [4.69, 9.17) is 24.7 Å². The highest BCUT2D eigenvalue weighted by Gasteiger charge is 2.28. The lowest BCUT2D eigenvalue weighted by Gasteiger charge is -2.27. The van der Waals surface area contributed by atoms with Crippen molar-refractivity contribution in [3.05, 3.63) is 186 Å². The monoisotopic (exact) mass is 984 g/mol. The van der Waals surface area contributed by atoms with Crippen molar-refractivity contribution in [2.45, 2.75) is 38.1 Å². The van der Waals surface area contributed by atoms with Crippen LogP contribution in [0.3, 0.4) is 0 Å². The molecule has 3 amide bonds. The first-order valence-electron chi connectivity index (χ1n) is 20.8. The average molecular weight is 985 g/mol. The topological polar surface area (TPSA) is 237 Å². The zero-order valence-electron chi connectivity index (χ0n) is 36.5. The second-order valence-electron chi connectivity index (χ2n) is 14.7. The Morgan fingerprint density at radius 3 is 1.73 bits per heavy atom. The van der Waals surface area contributed by atoms with Gasteiger partial charge in [-0.3, -0.25) is 9.59 Å². The second kappa shape index (κ2) is 24.5. The van der Waals surface area contributed by atoms with Crippen LogP contribution in [0.4, 0.5) is 38.5 Å². The number of imidazole rings is 1. The van der Waals surface area contributed by atoms with Crippen molar-refractivity contribution in [3.8, 4) is 11.5 Å². The van der Waals surface area contributed by atoms with Crippen molar-refractivity contribution in [2.75, 3.05) is 23.8 Å². The van der Waals surface area contributed by atoms with Crippen LogP contribution in [-0.4, -0.2) is 66.7 Å². The number of nitrogens with one attached hydrogen (secondary N) is 3. The number of carbonyl (C=O) groups excluding carboxylic acids is 4. The van der Waals surface area contributed by atoms with Crippen molar-refractivity contribution in [1.82, 2.24) is 34.8 Å². The van der Waals surface area contributed by atoms with E-state index in [-0.39, 0.29) is 55.2 Å². The lowest BCUT2D eigenvalue weighted by molar-refractivity contribution is 0.101. The van der Waals surface area contributed by atoms with Gasteiger partial charge in [-0.2, -0.15) is 0 Å².